The van der Waals surface area contributed by atoms with Crippen LogP contribution >= 0.6 is 0 Å². The summed E-state index contributed by atoms with van der Waals surface area (Å²) in [5.74, 6) is 1.04. The van der Waals surface area contributed by atoms with Crippen molar-refractivity contribution >= 4 is 5.91 Å². The lowest BCUT2D eigenvalue weighted by Gasteiger charge is -2.09. The van der Waals surface area contributed by atoms with Gasteiger partial charge >= 0.3 is 0 Å². The van der Waals surface area contributed by atoms with E-state index in [0.717, 1.165) is 5.57 Å². The topological polar surface area (TPSA) is 47.6 Å². The molecule has 0 saturated heterocycles. The third-order valence-electron chi connectivity index (χ3n) is 2.83. The Bertz CT molecular complexity index is 452. The van der Waals surface area contributed by atoms with Crippen LogP contribution in [0.1, 0.15) is 32.3 Å². The molecule has 1 N–H and O–H groups in total. The van der Waals surface area contributed by atoms with E-state index in [1.54, 1.807) is 0 Å². The van der Waals surface area contributed by atoms with E-state index in [1.165, 1.54) is 5.56 Å². The van der Waals surface area contributed by atoms with Gasteiger partial charge in [0, 0.05) is 6.54 Å². The van der Waals surface area contributed by atoms with Gasteiger partial charge in [0.1, 0.15) is 5.75 Å². The first-order valence-corrected chi connectivity index (χ1v) is 7.20. The van der Waals surface area contributed by atoms with Gasteiger partial charge in [0.25, 0.3) is 5.91 Å². The zero-order valence-electron chi connectivity index (χ0n) is 13.1. The van der Waals surface area contributed by atoms with Crippen LogP contribution in [0.2, 0.25) is 0 Å². The van der Waals surface area contributed by atoms with Crippen molar-refractivity contribution in [1.29, 1.82) is 0 Å². The average molecular weight is 291 g/mol. The lowest BCUT2D eigenvalue weighted by atomic mass is 10.0. The third-order valence-corrected chi connectivity index (χ3v) is 2.83. The Balaban J connectivity index is 2.19. The molecule has 0 radical (unpaired) electrons. The summed E-state index contributed by atoms with van der Waals surface area (Å²) in [6, 6.07) is 7.81. The molecule has 0 atom stereocenters. The lowest BCUT2D eigenvalue weighted by molar-refractivity contribution is -0.123. The fraction of sp³-hybridized carbons (Fsp3) is 0.471. The Morgan fingerprint density at radius 1 is 1.24 bits per heavy atom. The summed E-state index contributed by atoms with van der Waals surface area (Å²) in [6.07, 6.45) is 0. The molecule has 0 fully saturated rings. The molecule has 0 aromatic heterocycles. The highest BCUT2D eigenvalue weighted by molar-refractivity contribution is 5.77. The molecule has 0 aliphatic carbocycles. The molecule has 1 amide bonds. The number of rotatable bonds is 9. The summed E-state index contributed by atoms with van der Waals surface area (Å²) in [4.78, 5) is 11.6. The molecular formula is C17H25NO3. The van der Waals surface area contributed by atoms with Gasteiger partial charge in [-0.2, -0.15) is 0 Å². The molecule has 0 bridgehead atoms. The Morgan fingerprint density at radius 3 is 2.48 bits per heavy atom. The van der Waals surface area contributed by atoms with Crippen LogP contribution in [0.5, 0.6) is 5.75 Å². The zero-order valence-corrected chi connectivity index (χ0v) is 13.1. The molecule has 0 saturated carbocycles. The molecule has 0 aliphatic heterocycles. The van der Waals surface area contributed by atoms with Crippen LogP contribution in [0.25, 0.3) is 0 Å². The second-order valence-electron chi connectivity index (χ2n) is 5.37. The highest BCUT2D eigenvalue weighted by Crippen LogP contribution is 2.18. The first kappa shape index (κ1) is 17.2. The van der Waals surface area contributed by atoms with Crippen LogP contribution in [0.15, 0.2) is 36.4 Å². The van der Waals surface area contributed by atoms with Crippen molar-refractivity contribution in [3.63, 3.8) is 0 Å². The number of amides is 1. The predicted molar refractivity (Wildman–Crippen MR) is 84.7 cm³/mol. The molecule has 0 unspecified atom stereocenters. The lowest BCUT2D eigenvalue weighted by Crippen LogP contribution is -2.31. The van der Waals surface area contributed by atoms with Gasteiger partial charge in [0.05, 0.1) is 13.2 Å². The standard InChI is InChI=1S/C17H25NO3/c1-13(2)11-20-10-9-18-17(19)12-21-16-7-5-15(6-8-16)14(3)4/h5-8,14H,1,9-12H2,2-4H3,(H,18,19). The van der Waals surface area contributed by atoms with Crippen molar-refractivity contribution in [2.45, 2.75) is 26.7 Å². The van der Waals surface area contributed by atoms with E-state index in [9.17, 15) is 4.79 Å². The van der Waals surface area contributed by atoms with E-state index in [2.05, 4.69) is 25.7 Å². The summed E-state index contributed by atoms with van der Waals surface area (Å²) < 4.78 is 10.7. The van der Waals surface area contributed by atoms with Gasteiger partial charge in [-0.15, -0.1) is 0 Å². The molecule has 1 rings (SSSR count). The fourth-order valence-electron chi connectivity index (χ4n) is 1.66. The smallest absolute Gasteiger partial charge is 0.258 e. The maximum absolute atomic E-state index is 11.6. The highest BCUT2D eigenvalue weighted by Gasteiger charge is 2.03. The van der Waals surface area contributed by atoms with Gasteiger partial charge in [-0.25, -0.2) is 0 Å². The third kappa shape index (κ3) is 7.51. The SMILES string of the molecule is C=C(C)COCCNC(=O)COc1ccc(C(C)C)cc1. The van der Waals surface area contributed by atoms with E-state index in [4.69, 9.17) is 9.47 Å². The van der Waals surface area contributed by atoms with E-state index in [0.29, 0.717) is 31.4 Å². The van der Waals surface area contributed by atoms with E-state index in [-0.39, 0.29) is 12.5 Å². The van der Waals surface area contributed by atoms with Crippen molar-refractivity contribution in [2.75, 3.05) is 26.4 Å². The van der Waals surface area contributed by atoms with Crippen LogP contribution in [0.4, 0.5) is 0 Å². The first-order chi connectivity index (χ1) is 9.99. The minimum Gasteiger partial charge on any atom is -0.484 e. The predicted octanol–water partition coefficient (Wildman–Crippen LogP) is 2.90. The van der Waals surface area contributed by atoms with Crippen molar-refractivity contribution in [3.8, 4) is 5.75 Å². The van der Waals surface area contributed by atoms with Crippen LogP contribution in [-0.4, -0.2) is 32.3 Å². The van der Waals surface area contributed by atoms with Crippen molar-refractivity contribution in [2.24, 2.45) is 0 Å². The quantitative estimate of drug-likeness (QED) is 0.562. The minimum absolute atomic E-state index is 0.0154. The molecule has 1 aromatic rings. The van der Waals surface area contributed by atoms with Gasteiger partial charge < -0.3 is 14.8 Å². The Hall–Kier alpha value is -1.81. The molecule has 1 aromatic carbocycles. The zero-order chi connectivity index (χ0) is 15.7. The highest BCUT2D eigenvalue weighted by atomic mass is 16.5. The maximum Gasteiger partial charge on any atom is 0.258 e. The van der Waals surface area contributed by atoms with Crippen molar-refractivity contribution in [3.05, 3.63) is 42.0 Å². The molecule has 0 heterocycles. The number of hydrogen-bond donors (Lipinski definition) is 1. The summed E-state index contributed by atoms with van der Waals surface area (Å²) in [7, 11) is 0. The van der Waals surface area contributed by atoms with Crippen molar-refractivity contribution in [1.82, 2.24) is 5.32 Å². The van der Waals surface area contributed by atoms with Gasteiger partial charge in [0.2, 0.25) is 0 Å². The number of benzene rings is 1. The van der Waals surface area contributed by atoms with Crippen LogP contribution in [-0.2, 0) is 9.53 Å². The largest absolute Gasteiger partial charge is 0.484 e. The first-order valence-electron chi connectivity index (χ1n) is 7.20. The summed E-state index contributed by atoms with van der Waals surface area (Å²) in [5.41, 5.74) is 2.22. The monoisotopic (exact) mass is 291 g/mol. The molecule has 116 valence electrons. The molecule has 0 spiro atoms. The van der Waals surface area contributed by atoms with E-state index < -0.39 is 0 Å². The number of ether oxygens (including phenoxy) is 2. The Kier molecular flexibility index (Phi) is 7.54. The Morgan fingerprint density at radius 2 is 1.90 bits per heavy atom. The van der Waals surface area contributed by atoms with Crippen LogP contribution in [0, 0.1) is 0 Å². The minimum atomic E-state index is -0.151. The number of hydrogen-bond acceptors (Lipinski definition) is 3. The molecule has 0 aliphatic rings. The van der Waals surface area contributed by atoms with Crippen molar-refractivity contribution < 1.29 is 14.3 Å². The Labute approximate surface area is 127 Å². The van der Waals surface area contributed by atoms with Gasteiger partial charge in [-0.3, -0.25) is 4.79 Å². The normalized spacial score (nSPS) is 10.5. The molecule has 4 heteroatoms. The summed E-state index contributed by atoms with van der Waals surface area (Å²) in [5, 5.41) is 2.74. The van der Waals surface area contributed by atoms with Gasteiger partial charge in [0.15, 0.2) is 6.61 Å². The second-order valence-corrected chi connectivity index (χ2v) is 5.37. The van der Waals surface area contributed by atoms with Gasteiger partial charge in [-0.05, 0) is 30.5 Å². The fourth-order valence-corrected chi connectivity index (χ4v) is 1.66. The number of carbonyl (C=O) groups excluding carboxylic acids is 1. The van der Waals surface area contributed by atoms with Crippen LogP contribution < -0.4 is 10.1 Å². The summed E-state index contributed by atoms with van der Waals surface area (Å²) >= 11 is 0. The average Bonchev–Trinajstić information content (AvgIpc) is 2.44. The van der Waals surface area contributed by atoms with Crippen LogP contribution in [0.3, 0.4) is 0 Å². The van der Waals surface area contributed by atoms with E-state index in [1.807, 2.05) is 31.2 Å². The van der Waals surface area contributed by atoms with Gasteiger partial charge in [-0.1, -0.05) is 38.1 Å². The number of nitrogens with one attached hydrogen (secondary N) is 1. The number of carbonyl (C=O) groups is 1. The molecule has 4 nitrogen and oxygen atoms in total. The summed E-state index contributed by atoms with van der Waals surface area (Å²) in [6.45, 7) is 11.4. The maximum atomic E-state index is 11.6. The second kappa shape index (κ2) is 9.19. The molecular weight excluding hydrogens is 266 g/mol. The molecule has 21 heavy (non-hydrogen) atoms. The van der Waals surface area contributed by atoms with E-state index >= 15 is 0 Å².